The molecule has 0 aliphatic heterocycles. The van der Waals surface area contributed by atoms with E-state index in [2.05, 4.69) is 5.32 Å². The minimum atomic E-state index is -3.61. The maximum absolute atomic E-state index is 13.9. The lowest BCUT2D eigenvalue weighted by Gasteiger charge is -2.33. The van der Waals surface area contributed by atoms with Crippen LogP contribution >= 0.6 is 0 Å². The van der Waals surface area contributed by atoms with Gasteiger partial charge in [0, 0.05) is 32.0 Å². The average molecular weight is 596 g/mol. The van der Waals surface area contributed by atoms with Crippen LogP contribution < -0.4 is 9.62 Å². The quantitative estimate of drug-likeness (QED) is 0.265. The van der Waals surface area contributed by atoms with Crippen LogP contribution in [0.2, 0.25) is 0 Å². The Bertz CT molecular complexity index is 1450. The van der Waals surface area contributed by atoms with Gasteiger partial charge in [0.05, 0.1) is 11.9 Å². The molecule has 0 aromatic heterocycles. The monoisotopic (exact) mass is 595 g/mol. The van der Waals surface area contributed by atoms with Crippen LogP contribution in [-0.2, 0) is 32.6 Å². The van der Waals surface area contributed by atoms with Gasteiger partial charge in [0.25, 0.3) is 0 Å². The average Bonchev–Trinajstić information content (AvgIpc) is 2.95. The molecule has 226 valence electrons. The minimum absolute atomic E-state index is 0.0278. The maximum atomic E-state index is 13.9. The molecule has 0 heterocycles. The number of sulfonamides is 1. The van der Waals surface area contributed by atoms with Crippen LogP contribution in [-0.4, -0.2) is 50.0 Å². The first-order chi connectivity index (χ1) is 19.9. The van der Waals surface area contributed by atoms with Gasteiger partial charge in [-0.3, -0.25) is 13.9 Å². The fourth-order valence-corrected chi connectivity index (χ4v) is 5.79. The van der Waals surface area contributed by atoms with E-state index in [9.17, 15) is 22.4 Å². The van der Waals surface area contributed by atoms with E-state index in [0.717, 1.165) is 29.4 Å². The van der Waals surface area contributed by atoms with E-state index in [1.54, 1.807) is 23.1 Å². The van der Waals surface area contributed by atoms with Gasteiger partial charge in [-0.2, -0.15) is 0 Å². The Morgan fingerprint density at radius 3 is 2.21 bits per heavy atom. The molecule has 0 saturated heterocycles. The van der Waals surface area contributed by atoms with Gasteiger partial charge in [0.1, 0.15) is 11.9 Å². The van der Waals surface area contributed by atoms with E-state index in [1.807, 2.05) is 70.2 Å². The van der Waals surface area contributed by atoms with Crippen LogP contribution in [0, 0.1) is 19.7 Å². The van der Waals surface area contributed by atoms with Gasteiger partial charge in [0.15, 0.2) is 0 Å². The van der Waals surface area contributed by atoms with E-state index >= 15 is 0 Å². The summed E-state index contributed by atoms with van der Waals surface area (Å²) in [6, 6.07) is 20.0. The van der Waals surface area contributed by atoms with Crippen molar-refractivity contribution in [2.75, 3.05) is 17.1 Å². The van der Waals surface area contributed by atoms with Crippen LogP contribution in [0.3, 0.4) is 0 Å². The fraction of sp³-hybridized carbons (Fsp3) is 0.394. The predicted molar refractivity (Wildman–Crippen MR) is 166 cm³/mol. The lowest BCUT2D eigenvalue weighted by Crippen LogP contribution is -2.52. The normalized spacial score (nSPS) is 12.8. The Balaban J connectivity index is 1.90. The number of hydrogen-bond donors (Lipinski definition) is 1. The lowest BCUT2D eigenvalue weighted by molar-refractivity contribution is -0.141. The molecule has 0 radical (unpaired) electrons. The van der Waals surface area contributed by atoms with Gasteiger partial charge in [-0.1, -0.05) is 61.5 Å². The first kappa shape index (κ1) is 32.8. The number of carbonyl (C=O) groups excluding carboxylic acids is 2. The van der Waals surface area contributed by atoms with Crippen molar-refractivity contribution in [3.05, 3.63) is 101 Å². The van der Waals surface area contributed by atoms with Gasteiger partial charge >= 0.3 is 0 Å². The maximum Gasteiger partial charge on any atom is 0.243 e. The van der Waals surface area contributed by atoms with E-state index < -0.39 is 16.1 Å². The van der Waals surface area contributed by atoms with Crippen molar-refractivity contribution in [2.24, 2.45) is 0 Å². The van der Waals surface area contributed by atoms with Crippen molar-refractivity contribution >= 4 is 27.5 Å². The second kappa shape index (κ2) is 15.0. The Kier molecular flexibility index (Phi) is 11.7. The van der Waals surface area contributed by atoms with Crippen LogP contribution in [0.5, 0.6) is 0 Å². The third kappa shape index (κ3) is 9.14. The molecule has 0 unspecified atom stereocenters. The highest BCUT2D eigenvalue weighted by Crippen LogP contribution is 2.26. The topological polar surface area (TPSA) is 86.8 Å². The van der Waals surface area contributed by atoms with E-state index in [0.29, 0.717) is 17.7 Å². The van der Waals surface area contributed by atoms with Crippen LogP contribution in [0.4, 0.5) is 10.1 Å². The summed E-state index contributed by atoms with van der Waals surface area (Å²) < 4.78 is 40.5. The number of aryl methyl sites for hydroxylation is 1. The van der Waals surface area contributed by atoms with Crippen LogP contribution in [0.25, 0.3) is 0 Å². The predicted octanol–water partition coefficient (Wildman–Crippen LogP) is 5.54. The molecule has 3 aromatic rings. The number of nitrogens with zero attached hydrogens (tertiary/aromatic N) is 2. The van der Waals surface area contributed by atoms with Crippen molar-refractivity contribution in [3.8, 4) is 0 Å². The van der Waals surface area contributed by atoms with E-state index in [4.69, 9.17) is 0 Å². The number of rotatable bonds is 14. The highest BCUT2D eigenvalue weighted by atomic mass is 32.2. The smallest absolute Gasteiger partial charge is 0.243 e. The molecule has 7 nitrogen and oxygen atoms in total. The van der Waals surface area contributed by atoms with Gasteiger partial charge in [-0.05, 0) is 74.1 Å². The summed E-state index contributed by atoms with van der Waals surface area (Å²) >= 11 is 0. The van der Waals surface area contributed by atoms with Gasteiger partial charge < -0.3 is 10.2 Å². The van der Waals surface area contributed by atoms with Gasteiger partial charge in [-0.15, -0.1) is 0 Å². The third-order valence-corrected chi connectivity index (χ3v) is 8.72. The van der Waals surface area contributed by atoms with Crippen LogP contribution in [0.15, 0.2) is 72.8 Å². The van der Waals surface area contributed by atoms with Crippen molar-refractivity contribution in [1.82, 2.24) is 10.2 Å². The first-order valence-electron chi connectivity index (χ1n) is 14.3. The molecule has 42 heavy (non-hydrogen) atoms. The molecule has 2 atom stereocenters. The van der Waals surface area contributed by atoms with E-state index in [-0.39, 0.29) is 49.6 Å². The molecule has 0 aliphatic rings. The number of amides is 2. The molecule has 0 fully saturated rings. The summed E-state index contributed by atoms with van der Waals surface area (Å²) in [7, 11) is -3.61. The summed E-state index contributed by atoms with van der Waals surface area (Å²) in [5.41, 5.74) is 4.00. The summed E-state index contributed by atoms with van der Waals surface area (Å²) in [5, 5.41) is 3.03. The van der Waals surface area contributed by atoms with Crippen molar-refractivity contribution in [1.29, 1.82) is 0 Å². The second-order valence-electron chi connectivity index (χ2n) is 10.8. The number of nitrogens with one attached hydrogen (secondary N) is 1. The van der Waals surface area contributed by atoms with Crippen molar-refractivity contribution in [3.63, 3.8) is 0 Å². The first-order valence-corrected chi connectivity index (χ1v) is 16.2. The zero-order valence-electron chi connectivity index (χ0n) is 25.1. The second-order valence-corrected chi connectivity index (χ2v) is 12.7. The number of hydrogen-bond acceptors (Lipinski definition) is 4. The summed E-state index contributed by atoms with van der Waals surface area (Å²) in [5.74, 6) is -0.940. The molecule has 0 saturated carbocycles. The molecule has 1 N–H and O–H groups in total. The Hall–Kier alpha value is -3.72. The molecule has 3 rings (SSSR count). The molecular formula is C33H42FN3O4S. The van der Waals surface area contributed by atoms with Crippen molar-refractivity contribution in [2.45, 2.75) is 72.0 Å². The zero-order chi connectivity index (χ0) is 30.9. The molecule has 0 spiro atoms. The molecular weight excluding hydrogens is 553 g/mol. The number of carbonyl (C=O) groups is 2. The Morgan fingerprint density at radius 1 is 0.929 bits per heavy atom. The third-order valence-electron chi connectivity index (χ3n) is 7.54. The lowest BCUT2D eigenvalue weighted by atomic mass is 10.0. The van der Waals surface area contributed by atoms with Gasteiger partial charge in [-0.25, -0.2) is 12.8 Å². The van der Waals surface area contributed by atoms with Gasteiger partial charge in [0.2, 0.25) is 21.8 Å². The zero-order valence-corrected chi connectivity index (χ0v) is 26.0. The molecule has 2 amide bonds. The van der Waals surface area contributed by atoms with Crippen LogP contribution in [0.1, 0.15) is 55.4 Å². The Morgan fingerprint density at radius 2 is 1.60 bits per heavy atom. The highest BCUT2D eigenvalue weighted by Gasteiger charge is 2.31. The molecule has 9 heteroatoms. The number of anilines is 1. The highest BCUT2D eigenvalue weighted by molar-refractivity contribution is 7.92. The number of halogens is 1. The SMILES string of the molecule is CC[C@H](C)NC(=O)[C@@H](Cc1ccccc1)N(Cc1ccc(F)cc1)C(=O)CCCN(c1cccc(C)c1C)S(C)(=O)=O. The molecule has 0 aliphatic carbocycles. The molecule has 3 aromatic carbocycles. The minimum Gasteiger partial charge on any atom is -0.352 e. The summed E-state index contributed by atoms with van der Waals surface area (Å²) in [6.07, 6.45) is 2.47. The standard InChI is InChI=1S/C33H42FN3O4S/c1-6-25(3)35-33(39)31(22-27-13-8-7-9-14-27)36(23-28-17-19-29(34)20-18-28)32(38)16-11-21-37(42(5,40)41)30-15-10-12-24(2)26(30)4/h7-10,12-15,17-20,25,31H,6,11,16,21-23H2,1-5H3,(H,35,39)/t25-,31+/m0/s1. The fourth-order valence-electron chi connectivity index (χ4n) is 4.77. The number of benzene rings is 3. The molecule has 0 bridgehead atoms. The Labute approximate surface area is 249 Å². The summed E-state index contributed by atoms with van der Waals surface area (Å²) in [6.45, 7) is 7.91. The largest absolute Gasteiger partial charge is 0.352 e. The van der Waals surface area contributed by atoms with Crippen molar-refractivity contribution < 1.29 is 22.4 Å². The summed E-state index contributed by atoms with van der Waals surface area (Å²) in [4.78, 5) is 29.1. The van der Waals surface area contributed by atoms with E-state index in [1.165, 1.54) is 16.4 Å².